The number of nitrogens with zero attached hydrogens (tertiary/aromatic N) is 2. The van der Waals surface area contributed by atoms with Crippen molar-refractivity contribution in [2.75, 3.05) is 0 Å². The molecule has 0 aliphatic heterocycles. The smallest absolute Gasteiger partial charge is 0.182 e. The molecule has 42 valence electrons. The Kier molecular flexibility index (Phi) is 1.48. The van der Waals surface area contributed by atoms with Crippen LogP contribution >= 0.6 is 0 Å². The van der Waals surface area contributed by atoms with Crippen LogP contribution in [0.3, 0.4) is 0 Å². The van der Waals surface area contributed by atoms with Gasteiger partial charge in [0, 0.05) is 0 Å². The summed E-state index contributed by atoms with van der Waals surface area (Å²) in [5.74, 6) is 0. The van der Waals surface area contributed by atoms with Crippen molar-refractivity contribution in [1.82, 2.24) is 5.32 Å². The highest BCUT2D eigenvalue weighted by molar-refractivity contribution is 5.56. The van der Waals surface area contributed by atoms with Crippen LogP contribution < -0.4 is 5.32 Å². The van der Waals surface area contributed by atoms with E-state index in [9.17, 15) is 0 Å². The fourth-order valence-electron chi connectivity index (χ4n) is 0.395. The molecule has 0 saturated heterocycles. The van der Waals surface area contributed by atoms with E-state index in [1.165, 1.54) is 19.2 Å². The van der Waals surface area contributed by atoms with E-state index in [2.05, 4.69) is 10.3 Å². The fourth-order valence-corrected chi connectivity index (χ4v) is 0.395. The molecule has 3 nitrogen and oxygen atoms in total. The minimum atomic E-state index is 0.510. The van der Waals surface area contributed by atoms with Crippen LogP contribution in [0.4, 0.5) is 0 Å². The first kappa shape index (κ1) is 5.10. The van der Waals surface area contributed by atoms with Crippen LogP contribution in [-0.4, -0.2) is 12.4 Å². The van der Waals surface area contributed by atoms with Crippen LogP contribution in [0, 0.1) is 11.5 Å². The molecule has 0 amide bonds. The summed E-state index contributed by atoms with van der Waals surface area (Å²) >= 11 is 0. The first-order valence-corrected chi connectivity index (χ1v) is 2.60. The molecule has 0 radical (unpaired) electrons. The van der Waals surface area contributed by atoms with Crippen molar-refractivity contribution in [2.45, 2.75) is 18.9 Å². The fraction of sp³-hybridized carbons (Fsp3) is 0.600. The van der Waals surface area contributed by atoms with Crippen LogP contribution in [0.15, 0.2) is 4.99 Å². The Hall–Kier alpha value is -1.04. The molecule has 0 aromatic carbocycles. The molecule has 1 N–H and O–H groups in total. The second kappa shape index (κ2) is 2.31. The summed E-state index contributed by atoms with van der Waals surface area (Å²) in [6, 6.07) is 0.510. The van der Waals surface area contributed by atoms with Crippen molar-refractivity contribution in [1.29, 1.82) is 5.26 Å². The minimum absolute atomic E-state index is 0.510. The van der Waals surface area contributed by atoms with Gasteiger partial charge in [-0.15, -0.1) is 0 Å². The molecule has 3 heteroatoms. The van der Waals surface area contributed by atoms with Crippen LogP contribution in [0.1, 0.15) is 12.8 Å². The van der Waals surface area contributed by atoms with E-state index in [4.69, 9.17) is 5.26 Å². The summed E-state index contributed by atoms with van der Waals surface area (Å²) < 4.78 is 0. The Morgan fingerprint density at radius 1 is 1.75 bits per heavy atom. The van der Waals surface area contributed by atoms with Crippen LogP contribution in [0.2, 0.25) is 0 Å². The van der Waals surface area contributed by atoms with Crippen molar-refractivity contribution in [3.8, 4) is 6.19 Å². The summed E-state index contributed by atoms with van der Waals surface area (Å²) in [7, 11) is 0. The normalized spacial score (nSPS) is 18.4. The van der Waals surface area contributed by atoms with Crippen LogP contribution in [0.5, 0.6) is 0 Å². The molecule has 1 rings (SSSR count). The standard InChI is InChI=1S/C5H7N3/c6-3-7-4-8-5-1-2-5/h4-5H,1-2H2,(H,7,8). The van der Waals surface area contributed by atoms with E-state index < -0.39 is 0 Å². The van der Waals surface area contributed by atoms with Crippen molar-refractivity contribution in [3.63, 3.8) is 0 Å². The average Bonchev–Trinajstić information content (AvgIpc) is 2.51. The van der Waals surface area contributed by atoms with Gasteiger partial charge in [0.15, 0.2) is 6.19 Å². The quantitative estimate of drug-likeness (QED) is 0.239. The first-order valence-electron chi connectivity index (χ1n) is 2.60. The van der Waals surface area contributed by atoms with E-state index in [0.717, 1.165) is 0 Å². The molecular weight excluding hydrogens is 102 g/mol. The van der Waals surface area contributed by atoms with E-state index in [-0.39, 0.29) is 0 Å². The predicted octanol–water partition coefficient (Wildman–Crippen LogP) is 0.248. The topological polar surface area (TPSA) is 48.2 Å². The maximum atomic E-state index is 7.95. The largest absolute Gasteiger partial charge is 0.283 e. The van der Waals surface area contributed by atoms with Gasteiger partial charge in [-0.3, -0.25) is 10.3 Å². The van der Waals surface area contributed by atoms with Gasteiger partial charge in [0.05, 0.1) is 12.4 Å². The lowest BCUT2D eigenvalue weighted by Crippen LogP contribution is -2.00. The van der Waals surface area contributed by atoms with Gasteiger partial charge in [0.25, 0.3) is 0 Å². The highest BCUT2D eigenvalue weighted by Gasteiger charge is 2.18. The van der Waals surface area contributed by atoms with Gasteiger partial charge >= 0.3 is 0 Å². The number of aliphatic imine (C=N–C) groups is 1. The molecule has 0 spiro atoms. The first-order chi connectivity index (χ1) is 3.93. The maximum absolute atomic E-state index is 7.95. The number of hydrogen-bond donors (Lipinski definition) is 1. The SMILES string of the molecule is N#CNC=NC1CC1. The zero-order valence-corrected chi connectivity index (χ0v) is 4.46. The monoisotopic (exact) mass is 109 g/mol. The molecule has 0 heterocycles. The third-order valence-corrected chi connectivity index (χ3v) is 0.961. The predicted molar refractivity (Wildman–Crippen MR) is 30.3 cm³/mol. The molecule has 1 aliphatic rings. The van der Waals surface area contributed by atoms with Crippen LogP contribution in [-0.2, 0) is 0 Å². The van der Waals surface area contributed by atoms with Crippen molar-refractivity contribution in [2.24, 2.45) is 4.99 Å². The second-order valence-electron chi connectivity index (χ2n) is 1.77. The number of hydrogen-bond acceptors (Lipinski definition) is 2. The van der Waals surface area contributed by atoms with Crippen molar-refractivity contribution < 1.29 is 0 Å². The Balaban J connectivity index is 2.07. The van der Waals surface area contributed by atoms with E-state index in [1.54, 1.807) is 6.19 Å². The zero-order chi connectivity index (χ0) is 5.82. The summed E-state index contributed by atoms with van der Waals surface area (Å²) in [5.41, 5.74) is 0. The van der Waals surface area contributed by atoms with Crippen molar-refractivity contribution >= 4 is 6.34 Å². The van der Waals surface area contributed by atoms with E-state index in [0.29, 0.717) is 6.04 Å². The molecule has 0 atom stereocenters. The highest BCUT2D eigenvalue weighted by Crippen LogP contribution is 2.22. The molecule has 0 aromatic heterocycles. The third kappa shape index (κ3) is 1.61. The number of rotatable bonds is 2. The molecule has 1 fully saturated rings. The molecule has 1 saturated carbocycles. The molecule has 0 aromatic rings. The lowest BCUT2D eigenvalue weighted by Gasteiger charge is -1.79. The molecule has 0 unspecified atom stereocenters. The number of nitrogens with one attached hydrogen (secondary N) is 1. The summed E-state index contributed by atoms with van der Waals surface area (Å²) in [5, 5.41) is 10.3. The van der Waals surface area contributed by atoms with Crippen LogP contribution in [0.25, 0.3) is 0 Å². The van der Waals surface area contributed by atoms with Gasteiger partial charge < -0.3 is 0 Å². The summed E-state index contributed by atoms with van der Waals surface area (Å²) in [6.45, 7) is 0. The van der Waals surface area contributed by atoms with Gasteiger partial charge in [0.2, 0.25) is 0 Å². The second-order valence-corrected chi connectivity index (χ2v) is 1.77. The lowest BCUT2D eigenvalue weighted by atomic mass is 10.8. The van der Waals surface area contributed by atoms with Gasteiger partial charge in [0.1, 0.15) is 0 Å². The molecule has 0 bridgehead atoms. The van der Waals surface area contributed by atoms with Gasteiger partial charge in [-0.05, 0) is 12.8 Å². The highest BCUT2D eigenvalue weighted by atomic mass is 15.0. The average molecular weight is 109 g/mol. The Bertz CT molecular complexity index is 129. The van der Waals surface area contributed by atoms with E-state index >= 15 is 0 Å². The zero-order valence-electron chi connectivity index (χ0n) is 4.46. The van der Waals surface area contributed by atoms with E-state index in [1.807, 2.05) is 0 Å². The Labute approximate surface area is 48.0 Å². The molecule has 8 heavy (non-hydrogen) atoms. The van der Waals surface area contributed by atoms with Crippen molar-refractivity contribution in [3.05, 3.63) is 0 Å². The Morgan fingerprint density at radius 3 is 3.00 bits per heavy atom. The molecular formula is C5H7N3. The minimum Gasteiger partial charge on any atom is -0.283 e. The van der Waals surface area contributed by atoms with Gasteiger partial charge in [-0.1, -0.05) is 0 Å². The summed E-state index contributed by atoms with van der Waals surface area (Å²) in [6.07, 6.45) is 5.58. The summed E-state index contributed by atoms with van der Waals surface area (Å²) in [4.78, 5) is 3.97. The van der Waals surface area contributed by atoms with Gasteiger partial charge in [-0.25, -0.2) is 0 Å². The number of nitriles is 1. The lowest BCUT2D eigenvalue weighted by molar-refractivity contribution is 1.06. The molecule has 1 aliphatic carbocycles. The third-order valence-electron chi connectivity index (χ3n) is 0.961. The maximum Gasteiger partial charge on any atom is 0.182 e. The van der Waals surface area contributed by atoms with Gasteiger partial charge in [-0.2, -0.15) is 5.26 Å². The Morgan fingerprint density at radius 2 is 2.50 bits per heavy atom.